The molecule has 76 valence electrons. The van der Waals surface area contributed by atoms with Gasteiger partial charge in [0.2, 0.25) is 5.91 Å². The van der Waals surface area contributed by atoms with Gasteiger partial charge in [-0.3, -0.25) is 4.79 Å². The van der Waals surface area contributed by atoms with E-state index in [0.717, 1.165) is 0 Å². The first-order chi connectivity index (χ1) is 5.93. The minimum Gasteiger partial charge on any atom is -0.369 e. The molecule has 13 heavy (non-hydrogen) atoms. The second-order valence-corrected chi connectivity index (χ2v) is 3.44. The number of hydrogen-bond donors (Lipinski definition) is 1. The topological polar surface area (TPSA) is 43.1 Å². The Morgan fingerprint density at radius 1 is 1.23 bits per heavy atom. The molecule has 0 aliphatic heterocycles. The molecular weight excluding hydrogens is 183 g/mol. The average molecular weight is 195 g/mol. The van der Waals surface area contributed by atoms with Crippen molar-refractivity contribution in [1.82, 2.24) is 0 Å². The highest BCUT2D eigenvalue weighted by Crippen LogP contribution is 2.41. The standard InChI is InChI=1S/C8H12F3NO/c9-8(10,11)6-4-2-1-3-5(6)7(12)13/h5-6H,1-4H2,(H2,12,13)/t5-,6-/m1/s1. The Labute approximate surface area is 74.3 Å². The van der Waals surface area contributed by atoms with Gasteiger partial charge >= 0.3 is 6.18 Å². The summed E-state index contributed by atoms with van der Waals surface area (Å²) in [5, 5.41) is 0. The fourth-order valence-electron chi connectivity index (χ4n) is 1.86. The summed E-state index contributed by atoms with van der Waals surface area (Å²) in [5.74, 6) is -3.34. The maximum Gasteiger partial charge on any atom is 0.392 e. The summed E-state index contributed by atoms with van der Waals surface area (Å²) >= 11 is 0. The number of amides is 1. The second-order valence-electron chi connectivity index (χ2n) is 3.44. The molecule has 1 fully saturated rings. The van der Waals surface area contributed by atoms with Gasteiger partial charge in [0.15, 0.2) is 0 Å². The minimum atomic E-state index is -4.28. The quantitative estimate of drug-likeness (QED) is 0.681. The van der Waals surface area contributed by atoms with Crippen molar-refractivity contribution >= 4 is 5.91 Å². The van der Waals surface area contributed by atoms with Crippen LogP contribution in [0.15, 0.2) is 0 Å². The van der Waals surface area contributed by atoms with Crippen LogP contribution >= 0.6 is 0 Å². The molecule has 1 aliphatic carbocycles. The highest BCUT2D eigenvalue weighted by atomic mass is 19.4. The monoisotopic (exact) mass is 195 g/mol. The molecule has 2 N–H and O–H groups in total. The Hall–Kier alpha value is -0.740. The lowest BCUT2D eigenvalue weighted by Crippen LogP contribution is -2.40. The SMILES string of the molecule is NC(=O)[C@@H]1CCCC[C@H]1C(F)(F)F. The summed E-state index contributed by atoms with van der Waals surface area (Å²) in [5.41, 5.74) is 4.92. The zero-order valence-corrected chi connectivity index (χ0v) is 7.10. The first kappa shape index (κ1) is 10.3. The van der Waals surface area contributed by atoms with Gasteiger partial charge in [0.1, 0.15) is 0 Å². The normalized spacial score (nSPS) is 30.1. The van der Waals surface area contributed by atoms with Crippen LogP contribution in [-0.4, -0.2) is 12.1 Å². The zero-order valence-electron chi connectivity index (χ0n) is 7.10. The molecule has 0 bridgehead atoms. The van der Waals surface area contributed by atoms with E-state index in [1.54, 1.807) is 0 Å². The van der Waals surface area contributed by atoms with Crippen molar-refractivity contribution in [3.8, 4) is 0 Å². The molecule has 2 nitrogen and oxygen atoms in total. The van der Waals surface area contributed by atoms with E-state index in [2.05, 4.69) is 0 Å². The highest BCUT2D eigenvalue weighted by Gasteiger charge is 2.47. The average Bonchev–Trinajstić information content (AvgIpc) is 2.03. The van der Waals surface area contributed by atoms with E-state index >= 15 is 0 Å². The fraction of sp³-hybridized carbons (Fsp3) is 0.875. The molecule has 0 spiro atoms. The zero-order chi connectivity index (χ0) is 10.1. The van der Waals surface area contributed by atoms with E-state index in [9.17, 15) is 18.0 Å². The maximum absolute atomic E-state index is 12.3. The van der Waals surface area contributed by atoms with Crippen molar-refractivity contribution in [2.45, 2.75) is 31.9 Å². The lowest BCUT2D eigenvalue weighted by molar-refractivity contribution is -0.197. The molecule has 0 aromatic rings. The summed E-state index contributed by atoms with van der Waals surface area (Å²) in [4.78, 5) is 10.7. The number of carbonyl (C=O) groups is 1. The molecule has 0 heterocycles. The van der Waals surface area contributed by atoms with Crippen molar-refractivity contribution in [3.63, 3.8) is 0 Å². The predicted octanol–water partition coefficient (Wildman–Crippen LogP) is 1.84. The summed E-state index contributed by atoms with van der Waals surface area (Å²) < 4.78 is 37.0. The highest BCUT2D eigenvalue weighted by molar-refractivity contribution is 5.77. The van der Waals surface area contributed by atoms with Gasteiger partial charge in [-0.15, -0.1) is 0 Å². The Balaban J connectivity index is 2.73. The van der Waals surface area contributed by atoms with Crippen LogP contribution in [0.3, 0.4) is 0 Å². The van der Waals surface area contributed by atoms with Crippen LogP contribution in [-0.2, 0) is 4.79 Å². The molecule has 0 aromatic carbocycles. The van der Waals surface area contributed by atoms with Crippen molar-refractivity contribution in [2.24, 2.45) is 17.6 Å². The van der Waals surface area contributed by atoms with Crippen molar-refractivity contribution in [3.05, 3.63) is 0 Å². The van der Waals surface area contributed by atoms with Gasteiger partial charge in [-0.25, -0.2) is 0 Å². The van der Waals surface area contributed by atoms with Crippen LogP contribution in [0.2, 0.25) is 0 Å². The number of carbonyl (C=O) groups excluding carboxylic acids is 1. The van der Waals surface area contributed by atoms with Gasteiger partial charge < -0.3 is 5.73 Å². The Morgan fingerprint density at radius 3 is 2.15 bits per heavy atom. The van der Waals surface area contributed by atoms with E-state index in [1.165, 1.54) is 0 Å². The van der Waals surface area contributed by atoms with Crippen LogP contribution in [0.5, 0.6) is 0 Å². The molecule has 0 unspecified atom stereocenters. The third-order valence-electron chi connectivity index (χ3n) is 2.55. The molecule has 1 saturated carbocycles. The Morgan fingerprint density at radius 2 is 1.77 bits per heavy atom. The smallest absolute Gasteiger partial charge is 0.369 e. The molecule has 1 amide bonds. The third-order valence-corrected chi connectivity index (χ3v) is 2.55. The molecule has 1 aliphatic rings. The van der Waals surface area contributed by atoms with E-state index in [0.29, 0.717) is 12.8 Å². The largest absolute Gasteiger partial charge is 0.392 e. The van der Waals surface area contributed by atoms with E-state index in [4.69, 9.17) is 5.73 Å². The summed E-state index contributed by atoms with van der Waals surface area (Å²) in [6.07, 6.45) is -2.76. The van der Waals surface area contributed by atoms with E-state index in [1.807, 2.05) is 0 Å². The second kappa shape index (κ2) is 3.55. The number of rotatable bonds is 1. The number of halogens is 3. The van der Waals surface area contributed by atoms with Gasteiger partial charge in [-0.1, -0.05) is 12.8 Å². The molecular formula is C8H12F3NO. The molecule has 1 rings (SSSR count). The lowest BCUT2D eigenvalue weighted by Gasteiger charge is -2.30. The van der Waals surface area contributed by atoms with E-state index < -0.39 is 23.9 Å². The van der Waals surface area contributed by atoms with Crippen LogP contribution in [0.25, 0.3) is 0 Å². The fourth-order valence-corrected chi connectivity index (χ4v) is 1.86. The first-order valence-corrected chi connectivity index (χ1v) is 4.29. The molecule has 2 atom stereocenters. The van der Waals surface area contributed by atoms with Crippen molar-refractivity contribution in [2.75, 3.05) is 0 Å². The number of primary amides is 1. The van der Waals surface area contributed by atoms with Crippen LogP contribution < -0.4 is 5.73 Å². The van der Waals surface area contributed by atoms with Gasteiger partial charge in [-0.05, 0) is 12.8 Å². The van der Waals surface area contributed by atoms with Crippen molar-refractivity contribution < 1.29 is 18.0 Å². The van der Waals surface area contributed by atoms with Crippen LogP contribution in [0.4, 0.5) is 13.2 Å². The predicted molar refractivity (Wildman–Crippen MR) is 40.7 cm³/mol. The Kier molecular flexibility index (Phi) is 2.83. The van der Waals surface area contributed by atoms with Crippen molar-refractivity contribution in [1.29, 1.82) is 0 Å². The summed E-state index contributed by atoms with van der Waals surface area (Å²) in [6.45, 7) is 0. The molecule has 5 heteroatoms. The minimum absolute atomic E-state index is 0.0388. The lowest BCUT2D eigenvalue weighted by atomic mass is 9.78. The van der Waals surface area contributed by atoms with Gasteiger partial charge in [0, 0.05) is 5.92 Å². The molecule has 0 radical (unpaired) electrons. The number of hydrogen-bond acceptors (Lipinski definition) is 1. The van der Waals surface area contributed by atoms with Gasteiger partial charge in [0.05, 0.1) is 5.92 Å². The summed E-state index contributed by atoms with van der Waals surface area (Å²) in [6, 6.07) is 0. The van der Waals surface area contributed by atoms with Gasteiger partial charge in [0.25, 0.3) is 0 Å². The van der Waals surface area contributed by atoms with E-state index in [-0.39, 0.29) is 12.8 Å². The third kappa shape index (κ3) is 2.35. The summed E-state index contributed by atoms with van der Waals surface area (Å²) in [7, 11) is 0. The Bertz CT molecular complexity index is 202. The van der Waals surface area contributed by atoms with Crippen LogP contribution in [0, 0.1) is 11.8 Å². The molecule has 0 saturated heterocycles. The maximum atomic E-state index is 12.3. The number of nitrogens with two attached hydrogens (primary N) is 1. The molecule has 0 aromatic heterocycles. The first-order valence-electron chi connectivity index (χ1n) is 4.29. The van der Waals surface area contributed by atoms with Gasteiger partial charge in [-0.2, -0.15) is 13.2 Å². The number of alkyl halides is 3. The van der Waals surface area contributed by atoms with Crippen LogP contribution in [0.1, 0.15) is 25.7 Å².